The number of pyridine rings is 1. The minimum atomic E-state index is 0.671. The van der Waals surface area contributed by atoms with Gasteiger partial charge in [0.05, 0.1) is 6.61 Å². The summed E-state index contributed by atoms with van der Waals surface area (Å²) in [5.41, 5.74) is 1.13. The summed E-state index contributed by atoms with van der Waals surface area (Å²) in [6.07, 6.45) is 2.82. The number of hydrogen-bond acceptors (Lipinski definition) is 4. The highest BCUT2D eigenvalue weighted by atomic mass is 16.5. The second-order valence-electron chi connectivity index (χ2n) is 6.06. The van der Waals surface area contributed by atoms with Crippen molar-refractivity contribution in [1.29, 1.82) is 0 Å². The molecule has 2 rings (SSSR count). The first-order valence-corrected chi connectivity index (χ1v) is 9.59. The molecule has 0 bridgehead atoms. The second kappa shape index (κ2) is 11.8. The lowest BCUT2D eigenvalue weighted by molar-refractivity contribution is 0.311. The van der Waals surface area contributed by atoms with Crippen molar-refractivity contribution in [2.45, 2.75) is 26.8 Å². The van der Waals surface area contributed by atoms with Crippen LogP contribution >= 0.6 is 0 Å². The number of anilines is 1. The molecule has 0 saturated heterocycles. The van der Waals surface area contributed by atoms with Gasteiger partial charge >= 0.3 is 0 Å². The third-order valence-corrected chi connectivity index (χ3v) is 4.21. The van der Waals surface area contributed by atoms with Crippen LogP contribution in [0.25, 0.3) is 0 Å². The summed E-state index contributed by atoms with van der Waals surface area (Å²) < 4.78 is 5.69. The van der Waals surface area contributed by atoms with Crippen LogP contribution in [0, 0.1) is 0 Å². The van der Waals surface area contributed by atoms with E-state index < -0.39 is 0 Å². The Morgan fingerprint density at radius 3 is 2.48 bits per heavy atom. The quantitative estimate of drug-likeness (QED) is 0.383. The first-order valence-electron chi connectivity index (χ1n) is 9.59. The molecule has 0 radical (unpaired) electrons. The van der Waals surface area contributed by atoms with Gasteiger partial charge in [0.1, 0.15) is 11.6 Å². The second-order valence-corrected chi connectivity index (χ2v) is 6.06. The summed E-state index contributed by atoms with van der Waals surface area (Å²) in [6, 6.07) is 14.0. The van der Waals surface area contributed by atoms with Crippen LogP contribution in [0.4, 0.5) is 5.82 Å². The summed E-state index contributed by atoms with van der Waals surface area (Å²) in [5, 5.41) is 6.62. The van der Waals surface area contributed by atoms with Gasteiger partial charge in [-0.25, -0.2) is 4.98 Å². The SMILES string of the molecule is CCN(CC)c1ccc(CNC(=NC)NCCCOc2ccccc2)cn1. The van der Waals surface area contributed by atoms with E-state index in [-0.39, 0.29) is 0 Å². The molecular weight excluding hydrogens is 338 g/mol. The lowest BCUT2D eigenvalue weighted by atomic mass is 10.2. The van der Waals surface area contributed by atoms with Crippen molar-refractivity contribution in [2.75, 3.05) is 38.2 Å². The van der Waals surface area contributed by atoms with Gasteiger partial charge in [-0.05, 0) is 44.0 Å². The Morgan fingerprint density at radius 2 is 1.85 bits per heavy atom. The molecule has 0 unspecified atom stereocenters. The van der Waals surface area contributed by atoms with Gasteiger partial charge in [-0.1, -0.05) is 24.3 Å². The van der Waals surface area contributed by atoms with Crippen molar-refractivity contribution >= 4 is 11.8 Å². The fourth-order valence-corrected chi connectivity index (χ4v) is 2.65. The maximum atomic E-state index is 5.69. The van der Waals surface area contributed by atoms with Crippen LogP contribution in [0.3, 0.4) is 0 Å². The van der Waals surface area contributed by atoms with Gasteiger partial charge in [0, 0.05) is 39.4 Å². The third kappa shape index (κ3) is 7.17. The van der Waals surface area contributed by atoms with Crippen LogP contribution in [0.5, 0.6) is 5.75 Å². The minimum absolute atomic E-state index is 0.671. The minimum Gasteiger partial charge on any atom is -0.494 e. The lowest BCUT2D eigenvalue weighted by Gasteiger charge is -2.19. The predicted molar refractivity (Wildman–Crippen MR) is 113 cm³/mol. The lowest BCUT2D eigenvalue weighted by Crippen LogP contribution is -2.37. The Bertz CT molecular complexity index is 669. The molecule has 1 aromatic carbocycles. The molecule has 27 heavy (non-hydrogen) atoms. The maximum Gasteiger partial charge on any atom is 0.191 e. The van der Waals surface area contributed by atoms with E-state index in [9.17, 15) is 0 Å². The topological polar surface area (TPSA) is 61.8 Å². The van der Waals surface area contributed by atoms with E-state index in [2.05, 4.69) is 51.5 Å². The van der Waals surface area contributed by atoms with Crippen molar-refractivity contribution < 1.29 is 4.74 Å². The summed E-state index contributed by atoms with van der Waals surface area (Å²) in [7, 11) is 1.78. The van der Waals surface area contributed by atoms with Crippen molar-refractivity contribution in [1.82, 2.24) is 15.6 Å². The largest absolute Gasteiger partial charge is 0.494 e. The Morgan fingerprint density at radius 1 is 1.07 bits per heavy atom. The monoisotopic (exact) mass is 369 g/mol. The number of benzene rings is 1. The third-order valence-electron chi connectivity index (χ3n) is 4.21. The Hall–Kier alpha value is -2.76. The van der Waals surface area contributed by atoms with Crippen LogP contribution in [-0.2, 0) is 6.54 Å². The molecule has 0 saturated carbocycles. The molecule has 0 spiro atoms. The number of aliphatic imine (C=N–C) groups is 1. The zero-order valence-electron chi connectivity index (χ0n) is 16.6. The van der Waals surface area contributed by atoms with Gasteiger partial charge in [-0.15, -0.1) is 0 Å². The van der Waals surface area contributed by atoms with Gasteiger partial charge in [0.15, 0.2) is 5.96 Å². The van der Waals surface area contributed by atoms with Crippen molar-refractivity contribution in [2.24, 2.45) is 4.99 Å². The molecule has 2 N–H and O–H groups in total. The average Bonchev–Trinajstić information content (AvgIpc) is 2.72. The number of nitrogens with one attached hydrogen (secondary N) is 2. The standard InChI is InChI=1S/C21H31N5O/c1-4-26(5-2)20-13-12-18(16-24-20)17-25-21(22-3)23-14-9-15-27-19-10-7-6-8-11-19/h6-8,10-13,16H,4-5,9,14-15,17H2,1-3H3,(H2,22,23,25). The normalized spacial score (nSPS) is 11.1. The van der Waals surface area contributed by atoms with Gasteiger partial charge in [0.2, 0.25) is 0 Å². The Labute approximate surface area is 162 Å². The van der Waals surface area contributed by atoms with Crippen molar-refractivity contribution in [3.05, 3.63) is 54.2 Å². The van der Waals surface area contributed by atoms with Crippen molar-refractivity contribution in [3.8, 4) is 5.75 Å². The molecule has 0 aliphatic rings. The molecule has 6 heteroatoms. The predicted octanol–water partition coefficient (Wildman–Crippen LogP) is 3.06. The maximum absolute atomic E-state index is 5.69. The molecular formula is C21H31N5O. The zero-order chi connectivity index (χ0) is 19.3. The number of rotatable bonds is 10. The van der Waals surface area contributed by atoms with Crippen molar-refractivity contribution in [3.63, 3.8) is 0 Å². The van der Waals surface area contributed by atoms with Gasteiger partial charge in [0.25, 0.3) is 0 Å². The van der Waals surface area contributed by atoms with Crippen LogP contribution < -0.4 is 20.3 Å². The van der Waals surface area contributed by atoms with Crippen LogP contribution in [-0.4, -0.2) is 44.2 Å². The average molecular weight is 370 g/mol. The highest BCUT2D eigenvalue weighted by Gasteiger charge is 2.04. The molecule has 6 nitrogen and oxygen atoms in total. The van der Waals surface area contributed by atoms with Gasteiger partial charge in [-0.2, -0.15) is 0 Å². The zero-order valence-corrected chi connectivity index (χ0v) is 16.6. The molecule has 2 aromatic rings. The molecule has 146 valence electrons. The highest BCUT2D eigenvalue weighted by Crippen LogP contribution is 2.10. The fourth-order valence-electron chi connectivity index (χ4n) is 2.65. The summed E-state index contributed by atoms with van der Waals surface area (Å²) >= 11 is 0. The molecule has 1 heterocycles. The summed E-state index contributed by atoms with van der Waals surface area (Å²) in [4.78, 5) is 11.0. The Kier molecular flexibility index (Phi) is 8.96. The number of para-hydroxylation sites is 1. The van der Waals surface area contributed by atoms with E-state index in [4.69, 9.17) is 4.74 Å². The van der Waals surface area contributed by atoms with E-state index in [0.29, 0.717) is 13.2 Å². The first kappa shape index (κ1) is 20.6. The number of nitrogens with zero attached hydrogens (tertiary/aromatic N) is 3. The summed E-state index contributed by atoms with van der Waals surface area (Å²) in [5.74, 6) is 2.70. The van der Waals surface area contributed by atoms with Gasteiger partial charge < -0.3 is 20.3 Å². The molecule has 0 aliphatic carbocycles. The molecule has 0 aliphatic heterocycles. The first-order chi connectivity index (χ1) is 13.3. The highest BCUT2D eigenvalue weighted by molar-refractivity contribution is 5.79. The van der Waals surface area contributed by atoms with E-state index in [0.717, 1.165) is 49.1 Å². The number of aromatic nitrogens is 1. The summed E-state index contributed by atoms with van der Waals surface area (Å²) in [6.45, 7) is 8.36. The van der Waals surface area contributed by atoms with Crippen LogP contribution in [0.2, 0.25) is 0 Å². The molecule has 1 aromatic heterocycles. The molecule has 0 fully saturated rings. The smallest absolute Gasteiger partial charge is 0.191 e. The fraction of sp³-hybridized carbons (Fsp3) is 0.429. The number of hydrogen-bond donors (Lipinski definition) is 2. The van der Waals surface area contributed by atoms with Gasteiger partial charge in [-0.3, -0.25) is 4.99 Å². The van der Waals surface area contributed by atoms with E-state index in [1.54, 1.807) is 7.05 Å². The van der Waals surface area contributed by atoms with Crippen LogP contribution in [0.15, 0.2) is 53.7 Å². The number of guanidine groups is 1. The van der Waals surface area contributed by atoms with E-state index in [1.165, 1.54) is 0 Å². The molecule has 0 atom stereocenters. The van der Waals surface area contributed by atoms with E-state index >= 15 is 0 Å². The van der Waals surface area contributed by atoms with Crippen LogP contribution in [0.1, 0.15) is 25.8 Å². The molecule has 0 amide bonds. The van der Waals surface area contributed by atoms with E-state index in [1.807, 2.05) is 36.5 Å². The Balaban J connectivity index is 1.67. The number of ether oxygens (including phenoxy) is 1.